The number of hydrogen-bond donors (Lipinski definition) is 1. The lowest BCUT2D eigenvalue weighted by Gasteiger charge is -2.12. The molecule has 0 atom stereocenters. The molecule has 6 heteroatoms. The van der Waals surface area contributed by atoms with Crippen LogP contribution >= 0.6 is 11.8 Å². The van der Waals surface area contributed by atoms with Crippen LogP contribution in [0.3, 0.4) is 0 Å². The van der Waals surface area contributed by atoms with Crippen molar-refractivity contribution in [3.63, 3.8) is 0 Å². The van der Waals surface area contributed by atoms with Gasteiger partial charge in [0.15, 0.2) is 0 Å². The molecule has 0 aliphatic carbocycles. The molecule has 2 heterocycles. The Bertz CT molecular complexity index is 765. The van der Waals surface area contributed by atoms with Gasteiger partial charge in [-0.15, -0.1) is 0 Å². The minimum atomic E-state index is 0.622. The first kappa shape index (κ1) is 12.9. The Morgan fingerprint density at radius 1 is 1.30 bits per heavy atom. The highest BCUT2D eigenvalue weighted by Gasteiger charge is 2.15. The van der Waals surface area contributed by atoms with Gasteiger partial charge in [0, 0.05) is 21.8 Å². The fourth-order valence-corrected chi connectivity index (χ4v) is 3.32. The molecule has 1 aromatic carbocycles. The molecular formula is C14H15N5S. The number of aryl methyl sites for hydroxylation is 1. The quantitative estimate of drug-likeness (QED) is 0.592. The molecule has 0 radical (unpaired) electrons. The van der Waals surface area contributed by atoms with Crippen LogP contribution in [0.2, 0.25) is 0 Å². The maximum Gasteiger partial charge on any atom is 0.253 e. The van der Waals surface area contributed by atoms with Crippen molar-refractivity contribution in [2.24, 2.45) is 0 Å². The average Bonchev–Trinajstić information content (AvgIpc) is 2.89. The monoisotopic (exact) mass is 285 g/mol. The SMILES string of the molecule is CCc1c(C)nc2ncnn2c1Sc1ccccc1N. The maximum atomic E-state index is 6.04. The molecule has 0 fully saturated rings. The molecule has 0 amide bonds. The summed E-state index contributed by atoms with van der Waals surface area (Å²) >= 11 is 1.61. The number of nitrogens with zero attached hydrogens (tertiary/aromatic N) is 4. The summed E-state index contributed by atoms with van der Waals surface area (Å²) in [6, 6.07) is 7.83. The molecule has 2 N–H and O–H groups in total. The molecule has 20 heavy (non-hydrogen) atoms. The molecule has 0 aliphatic heterocycles. The average molecular weight is 285 g/mol. The van der Waals surface area contributed by atoms with Crippen molar-refractivity contribution < 1.29 is 0 Å². The smallest absolute Gasteiger partial charge is 0.253 e. The molecule has 102 valence electrons. The molecule has 0 aliphatic rings. The van der Waals surface area contributed by atoms with E-state index in [1.54, 1.807) is 16.3 Å². The molecule has 0 saturated carbocycles. The van der Waals surface area contributed by atoms with E-state index in [9.17, 15) is 0 Å². The van der Waals surface area contributed by atoms with Crippen LogP contribution in [0, 0.1) is 6.92 Å². The Kier molecular flexibility index (Phi) is 3.31. The van der Waals surface area contributed by atoms with E-state index in [-0.39, 0.29) is 0 Å². The van der Waals surface area contributed by atoms with Gasteiger partial charge in [-0.25, -0.2) is 4.98 Å². The number of aromatic nitrogens is 4. The second-order valence-corrected chi connectivity index (χ2v) is 5.48. The van der Waals surface area contributed by atoms with Gasteiger partial charge in [0.2, 0.25) is 0 Å². The number of rotatable bonds is 3. The zero-order valence-electron chi connectivity index (χ0n) is 11.4. The highest BCUT2D eigenvalue weighted by atomic mass is 32.2. The van der Waals surface area contributed by atoms with Crippen molar-refractivity contribution in [3.05, 3.63) is 41.9 Å². The van der Waals surface area contributed by atoms with Crippen LogP contribution in [0.25, 0.3) is 5.78 Å². The normalized spacial score (nSPS) is 11.1. The van der Waals surface area contributed by atoms with Crippen LogP contribution in [0.5, 0.6) is 0 Å². The van der Waals surface area contributed by atoms with Crippen LogP contribution in [0.1, 0.15) is 18.2 Å². The van der Waals surface area contributed by atoms with Crippen LogP contribution in [-0.4, -0.2) is 19.6 Å². The Labute approximate surface area is 121 Å². The van der Waals surface area contributed by atoms with E-state index in [0.29, 0.717) is 5.78 Å². The first-order valence-electron chi connectivity index (χ1n) is 6.42. The van der Waals surface area contributed by atoms with Gasteiger partial charge in [-0.2, -0.15) is 14.6 Å². The molecular weight excluding hydrogens is 270 g/mol. The highest BCUT2D eigenvalue weighted by molar-refractivity contribution is 7.99. The number of nitrogens with two attached hydrogens (primary N) is 1. The zero-order valence-corrected chi connectivity index (χ0v) is 12.2. The minimum absolute atomic E-state index is 0.622. The summed E-state index contributed by atoms with van der Waals surface area (Å²) in [5.74, 6) is 0.622. The first-order chi connectivity index (χ1) is 9.70. The molecule has 3 rings (SSSR count). The summed E-state index contributed by atoms with van der Waals surface area (Å²) < 4.78 is 1.78. The van der Waals surface area contributed by atoms with Gasteiger partial charge in [-0.3, -0.25) is 0 Å². The fraction of sp³-hybridized carbons (Fsp3) is 0.214. The van der Waals surface area contributed by atoms with E-state index in [2.05, 4.69) is 22.0 Å². The summed E-state index contributed by atoms with van der Waals surface area (Å²) in [5, 5.41) is 5.31. The van der Waals surface area contributed by atoms with Gasteiger partial charge in [-0.1, -0.05) is 30.8 Å². The Morgan fingerprint density at radius 3 is 2.85 bits per heavy atom. The number of hydrogen-bond acceptors (Lipinski definition) is 5. The van der Waals surface area contributed by atoms with Gasteiger partial charge in [0.1, 0.15) is 11.4 Å². The third-order valence-corrected chi connectivity index (χ3v) is 4.37. The molecule has 2 aromatic heterocycles. The van der Waals surface area contributed by atoms with Crippen LogP contribution in [-0.2, 0) is 6.42 Å². The van der Waals surface area contributed by atoms with Crippen molar-refractivity contribution in [2.75, 3.05) is 5.73 Å². The van der Waals surface area contributed by atoms with E-state index in [0.717, 1.165) is 27.7 Å². The van der Waals surface area contributed by atoms with Crippen molar-refractivity contribution in [1.82, 2.24) is 19.6 Å². The first-order valence-corrected chi connectivity index (χ1v) is 7.24. The zero-order chi connectivity index (χ0) is 14.1. The topological polar surface area (TPSA) is 69.1 Å². The number of fused-ring (bicyclic) bond motifs is 1. The van der Waals surface area contributed by atoms with Crippen molar-refractivity contribution in [1.29, 1.82) is 0 Å². The van der Waals surface area contributed by atoms with Gasteiger partial charge in [0.25, 0.3) is 5.78 Å². The number of benzene rings is 1. The minimum Gasteiger partial charge on any atom is -0.398 e. The maximum absolute atomic E-state index is 6.04. The van der Waals surface area contributed by atoms with E-state index < -0.39 is 0 Å². The Morgan fingerprint density at radius 2 is 2.10 bits per heavy atom. The summed E-state index contributed by atoms with van der Waals surface area (Å²) in [7, 11) is 0. The van der Waals surface area contributed by atoms with Crippen LogP contribution in [0.4, 0.5) is 5.69 Å². The van der Waals surface area contributed by atoms with Gasteiger partial charge >= 0.3 is 0 Å². The molecule has 3 aromatic rings. The predicted octanol–water partition coefficient (Wildman–Crippen LogP) is 2.73. The van der Waals surface area contributed by atoms with Gasteiger partial charge in [0.05, 0.1) is 0 Å². The van der Waals surface area contributed by atoms with Crippen molar-refractivity contribution in [2.45, 2.75) is 30.2 Å². The molecule has 0 unspecified atom stereocenters. The second-order valence-electron chi connectivity index (χ2n) is 4.45. The molecule has 0 spiro atoms. The Balaban J connectivity index is 2.19. The van der Waals surface area contributed by atoms with Gasteiger partial charge < -0.3 is 5.73 Å². The lowest BCUT2D eigenvalue weighted by Crippen LogP contribution is -2.04. The Hall–Kier alpha value is -2.08. The summed E-state index contributed by atoms with van der Waals surface area (Å²) in [4.78, 5) is 9.67. The van der Waals surface area contributed by atoms with Crippen LogP contribution < -0.4 is 5.73 Å². The third kappa shape index (κ3) is 2.12. The second kappa shape index (κ2) is 5.13. The van der Waals surface area contributed by atoms with Gasteiger partial charge in [-0.05, 0) is 25.5 Å². The van der Waals surface area contributed by atoms with Crippen molar-refractivity contribution >= 4 is 23.2 Å². The molecule has 5 nitrogen and oxygen atoms in total. The summed E-state index contributed by atoms with van der Waals surface area (Å²) in [6.45, 7) is 4.12. The predicted molar refractivity (Wildman–Crippen MR) is 79.9 cm³/mol. The standard InChI is InChI=1S/C14H15N5S/c1-3-10-9(2)18-14-16-8-17-19(14)13(10)20-12-7-5-4-6-11(12)15/h4-8H,3,15H2,1-2H3. The fourth-order valence-electron chi connectivity index (χ4n) is 2.14. The lowest BCUT2D eigenvalue weighted by atomic mass is 10.2. The molecule has 0 bridgehead atoms. The largest absolute Gasteiger partial charge is 0.398 e. The summed E-state index contributed by atoms with van der Waals surface area (Å²) in [5.41, 5.74) is 8.97. The summed E-state index contributed by atoms with van der Waals surface area (Å²) in [6.07, 6.45) is 2.42. The third-order valence-electron chi connectivity index (χ3n) is 3.16. The van der Waals surface area contributed by atoms with Crippen LogP contribution in [0.15, 0.2) is 40.5 Å². The van der Waals surface area contributed by atoms with Crippen molar-refractivity contribution in [3.8, 4) is 0 Å². The number of anilines is 1. The lowest BCUT2D eigenvalue weighted by molar-refractivity contribution is 0.795. The van der Waals surface area contributed by atoms with E-state index in [1.807, 2.05) is 31.2 Å². The van der Waals surface area contributed by atoms with E-state index >= 15 is 0 Å². The number of nitrogen functional groups attached to an aromatic ring is 1. The molecule has 0 saturated heterocycles. The van der Waals surface area contributed by atoms with E-state index in [1.165, 1.54) is 11.9 Å². The van der Waals surface area contributed by atoms with E-state index in [4.69, 9.17) is 5.73 Å². The number of para-hydroxylation sites is 1. The highest BCUT2D eigenvalue weighted by Crippen LogP contribution is 2.34.